The molecule has 2 aromatic rings. The molecule has 4 rings (SSSR count). The minimum Gasteiger partial charge on any atom is -0.350 e. The summed E-state index contributed by atoms with van der Waals surface area (Å²) in [7, 11) is 0. The first-order chi connectivity index (χ1) is 14.9. The fraction of sp³-hybridized carbons (Fsp3) is 0.292. The molecule has 2 aromatic carbocycles. The summed E-state index contributed by atoms with van der Waals surface area (Å²) < 4.78 is 0. The molecule has 1 aliphatic heterocycles. The zero-order valence-electron chi connectivity index (χ0n) is 17.3. The number of hydrogen-bond acceptors (Lipinski definition) is 4. The smallest absolute Gasteiger partial charge is 0.279 e. The van der Waals surface area contributed by atoms with Crippen molar-refractivity contribution >= 4 is 40.7 Å². The van der Waals surface area contributed by atoms with Crippen LogP contribution in [0.4, 0.5) is 11.4 Å². The fourth-order valence-electron chi connectivity index (χ4n) is 4.02. The molecule has 0 spiro atoms. The van der Waals surface area contributed by atoms with E-state index >= 15 is 0 Å². The Morgan fingerprint density at radius 3 is 2.39 bits per heavy atom. The molecule has 1 heterocycles. The Hall–Kier alpha value is -3.12. The standard InChI is InChI=1S/C24H24ClN3O3/c1-15-10-12-17(13-11-15)27-22(29)16-6-5-7-18(14-16)26-21-20(25)23(30)28(24(21)31)19-8-3-2-4-9-19/h5-7,10-14,19,26H,2-4,8-9H2,1H3,(H,27,29). The predicted octanol–water partition coefficient (Wildman–Crippen LogP) is 4.81. The largest absolute Gasteiger partial charge is 0.350 e. The van der Waals surface area contributed by atoms with Gasteiger partial charge in [0.05, 0.1) is 0 Å². The summed E-state index contributed by atoms with van der Waals surface area (Å²) in [5.41, 5.74) is 2.79. The Morgan fingerprint density at radius 1 is 0.968 bits per heavy atom. The third-order valence-corrected chi connectivity index (χ3v) is 6.05. The van der Waals surface area contributed by atoms with Gasteiger partial charge in [0.2, 0.25) is 0 Å². The summed E-state index contributed by atoms with van der Waals surface area (Å²) in [5.74, 6) is -1.13. The van der Waals surface area contributed by atoms with Crippen molar-refractivity contribution in [3.63, 3.8) is 0 Å². The summed E-state index contributed by atoms with van der Waals surface area (Å²) in [4.78, 5) is 39.5. The van der Waals surface area contributed by atoms with E-state index in [-0.39, 0.29) is 22.7 Å². The Labute approximate surface area is 186 Å². The minimum absolute atomic E-state index is 0.0633. The zero-order chi connectivity index (χ0) is 22.0. The normalized spacial score (nSPS) is 17.3. The van der Waals surface area contributed by atoms with Crippen molar-refractivity contribution in [2.75, 3.05) is 10.6 Å². The van der Waals surface area contributed by atoms with E-state index in [1.807, 2.05) is 31.2 Å². The van der Waals surface area contributed by atoms with E-state index in [9.17, 15) is 14.4 Å². The van der Waals surface area contributed by atoms with Crippen LogP contribution in [0.2, 0.25) is 0 Å². The highest BCUT2D eigenvalue weighted by atomic mass is 35.5. The molecule has 6 nitrogen and oxygen atoms in total. The molecule has 31 heavy (non-hydrogen) atoms. The number of rotatable bonds is 5. The SMILES string of the molecule is Cc1ccc(NC(=O)c2cccc(NC3=C(Cl)C(=O)N(C4CCCCC4)C3=O)c2)cc1. The number of nitrogens with one attached hydrogen (secondary N) is 2. The number of carbonyl (C=O) groups excluding carboxylic acids is 3. The lowest BCUT2D eigenvalue weighted by Gasteiger charge is -2.29. The summed E-state index contributed by atoms with van der Waals surface area (Å²) in [6, 6.07) is 14.1. The van der Waals surface area contributed by atoms with Gasteiger partial charge in [0.25, 0.3) is 17.7 Å². The molecule has 0 aromatic heterocycles. The van der Waals surface area contributed by atoms with Crippen LogP contribution in [0.15, 0.2) is 59.3 Å². The average Bonchev–Trinajstić information content (AvgIpc) is 2.99. The number of hydrogen-bond donors (Lipinski definition) is 2. The van der Waals surface area contributed by atoms with Gasteiger partial charge in [0.15, 0.2) is 0 Å². The quantitative estimate of drug-likeness (QED) is 0.658. The summed E-state index contributed by atoms with van der Waals surface area (Å²) in [5, 5.41) is 5.70. The topological polar surface area (TPSA) is 78.5 Å². The van der Waals surface area contributed by atoms with Crippen molar-refractivity contribution in [3.8, 4) is 0 Å². The van der Waals surface area contributed by atoms with Crippen LogP contribution >= 0.6 is 11.6 Å². The number of benzene rings is 2. The van der Waals surface area contributed by atoms with Crippen molar-refractivity contribution in [3.05, 3.63) is 70.4 Å². The fourth-order valence-corrected chi connectivity index (χ4v) is 4.24. The van der Waals surface area contributed by atoms with Crippen LogP contribution in [0.25, 0.3) is 0 Å². The molecule has 1 fully saturated rings. The maximum atomic E-state index is 12.9. The van der Waals surface area contributed by atoms with Crippen molar-refractivity contribution in [2.24, 2.45) is 0 Å². The maximum Gasteiger partial charge on any atom is 0.279 e. The van der Waals surface area contributed by atoms with E-state index in [0.29, 0.717) is 16.9 Å². The van der Waals surface area contributed by atoms with E-state index in [0.717, 1.165) is 37.7 Å². The average molecular weight is 438 g/mol. The maximum absolute atomic E-state index is 12.9. The minimum atomic E-state index is -0.450. The van der Waals surface area contributed by atoms with Gasteiger partial charge in [-0.05, 0) is 50.1 Å². The van der Waals surface area contributed by atoms with Crippen LogP contribution in [0.5, 0.6) is 0 Å². The molecule has 7 heteroatoms. The van der Waals surface area contributed by atoms with E-state index in [1.54, 1.807) is 24.3 Å². The molecule has 2 aliphatic rings. The molecular weight excluding hydrogens is 414 g/mol. The molecule has 3 amide bonds. The monoisotopic (exact) mass is 437 g/mol. The van der Waals surface area contributed by atoms with Crippen LogP contribution in [0, 0.1) is 6.92 Å². The van der Waals surface area contributed by atoms with Crippen LogP contribution in [-0.4, -0.2) is 28.7 Å². The van der Waals surface area contributed by atoms with E-state index in [4.69, 9.17) is 11.6 Å². The highest BCUT2D eigenvalue weighted by Gasteiger charge is 2.42. The van der Waals surface area contributed by atoms with Gasteiger partial charge in [-0.25, -0.2) is 0 Å². The molecule has 1 aliphatic carbocycles. The van der Waals surface area contributed by atoms with Gasteiger partial charge in [0, 0.05) is 23.0 Å². The molecule has 160 valence electrons. The van der Waals surface area contributed by atoms with Crippen LogP contribution in [-0.2, 0) is 9.59 Å². The first-order valence-electron chi connectivity index (χ1n) is 10.5. The number of carbonyl (C=O) groups is 3. The highest BCUT2D eigenvalue weighted by Crippen LogP contribution is 2.32. The molecule has 2 N–H and O–H groups in total. The van der Waals surface area contributed by atoms with Crippen molar-refractivity contribution in [2.45, 2.75) is 45.1 Å². The number of anilines is 2. The molecule has 0 atom stereocenters. The predicted molar refractivity (Wildman–Crippen MR) is 121 cm³/mol. The van der Waals surface area contributed by atoms with E-state index < -0.39 is 11.8 Å². The second-order valence-electron chi connectivity index (χ2n) is 7.99. The first kappa shape index (κ1) is 21.1. The lowest BCUT2D eigenvalue weighted by molar-refractivity contribution is -0.140. The van der Waals surface area contributed by atoms with Gasteiger partial charge in [-0.2, -0.15) is 0 Å². The number of amides is 3. The molecule has 0 unspecified atom stereocenters. The van der Waals surface area contributed by atoms with Crippen molar-refractivity contribution < 1.29 is 14.4 Å². The lowest BCUT2D eigenvalue weighted by atomic mass is 9.94. The molecule has 1 saturated carbocycles. The number of imide groups is 1. The van der Waals surface area contributed by atoms with Gasteiger partial charge < -0.3 is 10.6 Å². The Morgan fingerprint density at radius 2 is 1.68 bits per heavy atom. The number of nitrogens with zero attached hydrogens (tertiary/aromatic N) is 1. The van der Waals surface area contributed by atoms with Gasteiger partial charge in [-0.15, -0.1) is 0 Å². The van der Waals surface area contributed by atoms with Crippen molar-refractivity contribution in [1.29, 1.82) is 0 Å². The van der Waals surface area contributed by atoms with Crippen LogP contribution in [0.3, 0.4) is 0 Å². The molecular formula is C24H24ClN3O3. The second kappa shape index (κ2) is 8.94. The van der Waals surface area contributed by atoms with Gasteiger partial charge in [0.1, 0.15) is 10.7 Å². The summed E-state index contributed by atoms with van der Waals surface area (Å²) in [6.07, 6.45) is 4.74. The lowest BCUT2D eigenvalue weighted by Crippen LogP contribution is -2.42. The summed E-state index contributed by atoms with van der Waals surface area (Å²) >= 11 is 6.24. The van der Waals surface area contributed by atoms with Crippen molar-refractivity contribution in [1.82, 2.24) is 4.90 Å². The van der Waals surface area contributed by atoms with E-state index in [2.05, 4.69) is 10.6 Å². The number of aryl methyl sites for hydroxylation is 1. The Balaban J connectivity index is 1.49. The van der Waals surface area contributed by atoms with E-state index in [1.165, 1.54) is 4.90 Å². The van der Waals surface area contributed by atoms with Gasteiger partial charge in [-0.3, -0.25) is 19.3 Å². The summed E-state index contributed by atoms with van der Waals surface area (Å²) in [6.45, 7) is 1.98. The second-order valence-corrected chi connectivity index (χ2v) is 8.37. The van der Waals surface area contributed by atoms with Crippen LogP contribution in [0.1, 0.15) is 48.0 Å². The molecule has 0 bridgehead atoms. The third kappa shape index (κ3) is 4.49. The first-order valence-corrected chi connectivity index (χ1v) is 10.8. The Bertz CT molecular complexity index is 1060. The van der Waals surface area contributed by atoms with Crippen LogP contribution < -0.4 is 10.6 Å². The molecule has 0 radical (unpaired) electrons. The zero-order valence-corrected chi connectivity index (χ0v) is 18.0. The molecule has 0 saturated heterocycles. The Kier molecular flexibility index (Phi) is 6.09. The highest BCUT2D eigenvalue weighted by molar-refractivity contribution is 6.48. The van der Waals surface area contributed by atoms with Gasteiger partial charge >= 0.3 is 0 Å². The number of halogens is 1. The third-order valence-electron chi connectivity index (χ3n) is 5.70. The van der Waals surface area contributed by atoms with Gasteiger partial charge in [-0.1, -0.05) is 54.6 Å².